The molecule has 0 aliphatic rings. The summed E-state index contributed by atoms with van der Waals surface area (Å²) >= 11 is 8.86. The van der Waals surface area contributed by atoms with Crippen LogP contribution in [-0.4, -0.2) is 31.4 Å². The maximum Gasteiger partial charge on any atom is 0.236 e. The third-order valence-corrected chi connectivity index (χ3v) is 5.54. The number of ether oxygens (including phenoxy) is 1. The van der Waals surface area contributed by atoms with Gasteiger partial charge in [0.05, 0.1) is 10.8 Å². The normalized spacial score (nSPS) is 12.0. The number of hydrogen-bond acceptors (Lipinski definition) is 7. The van der Waals surface area contributed by atoms with Crippen LogP contribution in [0.15, 0.2) is 41.0 Å². The number of carbonyl (C=O) groups is 1. The molecule has 10 heteroatoms. The predicted molar refractivity (Wildman–Crippen MR) is 108 cm³/mol. The smallest absolute Gasteiger partial charge is 0.236 e. The molecular formula is C17H18ClN5O2S2. The monoisotopic (exact) mass is 423 g/mol. The Labute approximate surface area is 170 Å². The molecule has 2 aromatic heterocycles. The summed E-state index contributed by atoms with van der Waals surface area (Å²) < 4.78 is 7.87. The van der Waals surface area contributed by atoms with Crippen molar-refractivity contribution in [3.8, 4) is 5.75 Å². The first kappa shape index (κ1) is 19.7. The summed E-state index contributed by atoms with van der Waals surface area (Å²) in [5, 5.41) is 14.8. The first-order valence-corrected chi connectivity index (χ1v) is 10.5. The average molecular weight is 424 g/mol. The van der Waals surface area contributed by atoms with E-state index in [1.54, 1.807) is 12.3 Å². The Kier molecular flexibility index (Phi) is 6.70. The van der Waals surface area contributed by atoms with E-state index in [2.05, 4.69) is 20.5 Å². The molecule has 3 aromatic rings. The lowest BCUT2D eigenvalue weighted by Gasteiger charge is -2.16. The van der Waals surface area contributed by atoms with Gasteiger partial charge in [0.1, 0.15) is 5.75 Å². The third kappa shape index (κ3) is 5.00. The van der Waals surface area contributed by atoms with Crippen LogP contribution in [0.1, 0.15) is 25.8 Å². The molecule has 1 atom stereocenters. The lowest BCUT2D eigenvalue weighted by Crippen LogP contribution is -2.15. The molecule has 3 rings (SSSR count). The summed E-state index contributed by atoms with van der Waals surface area (Å²) in [6, 6.07) is 7.29. The Bertz CT molecular complexity index is 901. The van der Waals surface area contributed by atoms with Gasteiger partial charge in [-0.2, -0.15) is 0 Å². The van der Waals surface area contributed by atoms with Crippen molar-refractivity contribution in [2.45, 2.75) is 31.7 Å². The topological polar surface area (TPSA) is 81.9 Å². The second-order valence-corrected chi connectivity index (χ2v) is 7.69. The molecule has 7 nitrogen and oxygen atoms in total. The summed E-state index contributed by atoms with van der Waals surface area (Å²) in [5.74, 6) is 1.36. The number of thiazole rings is 1. The highest BCUT2D eigenvalue weighted by atomic mass is 35.5. The molecule has 142 valence electrons. The molecule has 1 N–H and O–H groups in total. The molecule has 1 aromatic carbocycles. The number of thioether (sulfide) groups is 1. The van der Waals surface area contributed by atoms with E-state index in [1.807, 2.05) is 42.0 Å². The van der Waals surface area contributed by atoms with Crippen LogP contribution >= 0.6 is 34.7 Å². The fraction of sp³-hybridized carbons (Fsp3) is 0.294. The number of nitrogens with zero attached hydrogens (tertiary/aromatic N) is 4. The Morgan fingerprint density at radius 2 is 2.22 bits per heavy atom. The van der Waals surface area contributed by atoms with Gasteiger partial charge >= 0.3 is 0 Å². The number of rotatable bonds is 8. The van der Waals surface area contributed by atoms with Gasteiger partial charge in [-0.1, -0.05) is 35.5 Å². The summed E-state index contributed by atoms with van der Waals surface area (Å²) in [6.07, 6.45) is 1.31. The predicted octanol–water partition coefficient (Wildman–Crippen LogP) is 4.28. The lowest BCUT2D eigenvalue weighted by atomic mass is 10.3. The zero-order valence-electron chi connectivity index (χ0n) is 14.8. The number of hydrogen-bond donors (Lipinski definition) is 1. The molecule has 2 heterocycles. The van der Waals surface area contributed by atoms with E-state index < -0.39 is 0 Å². The molecule has 0 aliphatic heterocycles. The molecule has 0 saturated carbocycles. The van der Waals surface area contributed by atoms with E-state index >= 15 is 0 Å². The van der Waals surface area contributed by atoms with Crippen LogP contribution in [0.5, 0.6) is 5.75 Å². The van der Waals surface area contributed by atoms with Crippen molar-refractivity contribution in [1.82, 2.24) is 19.7 Å². The van der Waals surface area contributed by atoms with Crippen molar-refractivity contribution in [2.24, 2.45) is 0 Å². The number of aromatic nitrogens is 4. The van der Waals surface area contributed by atoms with Crippen molar-refractivity contribution < 1.29 is 9.53 Å². The van der Waals surface area contributed by atoms with Gasteiger partial charge in [-0.25, -0.2) is 4.98 Å². The highest BCUT2D eigenvalue weighted by molar-refractivity contribution is 7.99. The van der Waals surface area contributed by atoms with Crippen LogP contribution in [0.25, 0.3) is 0 Å². The van der Waals surface area contributed by atoms with Crippen LogP contribution in [0.2, 0.25) is 5.02 Å². The molecule has 0 radical (unpaired) electrons. The van der Waals surface area contributed by atoms with Gasteiger partial charge in [0, 0.05) is 18.1 Å². The second-order valence-electron chi connectivity index (χ2n) is 5.45. The van der Waals surface area contributed by atoms with Crippen LogP contribution < -0.4 is 10.1 Å². The number of halogens is 1. The van der Waals surface area contributed by atoms with E-state index in [9.17, 15) is 4.79 Å². The van der Waals surface area contributed by atoms with Gasteiger partial charge in [0.2, 0.25) is 5.91 Å². The number of nitrogens with one attached hydrogen (secondary N) is 1. The largest absolute Gasteiger partial charge is 0.481 e. The Hall–Kier alpha value is -2.10. The zero-order chi connectivity index (χ0) is 19.2. The Morgan fingerprint density at radius 1 is 1.41 bits per heavy atom. The first-order chi connectivity index (χ1) is 13.1. The Balaban J connectivity index is 1.65. The highest BCUT2D eigenvalue weighted by Gasteiger charge is 2.20. The average Bonchev–Trinajstić information content (AvgIpc) is 3.31. The quantitative estimate of drug-likeness (QED) is 0.544. The second kappa shape index (κ2) is 9.20. The molecule has 0 fully saturated rings. The summed E-state index contributed by atoms with van der Waals surface area (Å²) in [6.45, 7) is 4.55. The van der Waals surface area contributed by atoms with Crippen LogP contribution in [-0.2, 0) is 11.3 Å². The molecule has 0 aliphatic carbocycles. The van der Waals surface area contributed by atoms with Crippen LogP contribution in [0.3, 0.4) is 0 Å². The SMILES string of the molecule is CCn1c(SCC(=O)Nc2nccs2)nnc1[C@H](C)Oc1ccccc1Cl. The van der Waals surface area contributed by atoms with Crippen molar-refractivity contribution in [3.05, 3.63) is 46.7 Å². The molecular weight excluding hydrogens is 406 g/mol. The van der Waals surface area contributed by atoms with Gasteiger partial charge < -0.3 is 14.6 Å². The summed E-state index contributed by atoms with van der Waals surface area (Å²) in [5.41, 5.74) is 0. The number of anilines is 1. The molecule has 0 bridgehead atoms. The van der Waals surface area contributed by atoms with E-state index in [1.165, 1.54) is 23.1 Å². The van der Waals surface area contributed by atoms with Crippen molar-refractivity contribution in [1.29, 1.82) is 0 Å². The van der Waals surface area contributed by atoms with Crippen molar-refractivity contribution in [3.63, 3.8) is 0 Å². The summed E-state index contributed by atoms with van der Waals surface area (Å²) in [4.78, 5) is 16.1. The molecule has 27 heavy (non-hydrogen) atoms. The van der Waals surface area contributed by atoms with Crippen LogP contribution in [0, 0.1) is 0 Å². The van der Waals surface area contributed by atoms with Crippen molar-refractivity contribution in [2.75, 3.05) is 11.1 Å². The summed E-state index contributed by atoms with van der Waals surface area (Å²) in [7, 11) is 0. The third-order valence-electron chi connectivity index (χ3n) is 3.58. The minimum absolute atomic E-state index is 0.137. The van der Waals surface area contributed by atoms with Gasteiger partial charge in [-0.3, -0.25) is 4.79 Å². The fourth-order valence-corrected chi connectivity index (χ4v) is 3.89. The molecule has 0 saturated heterocycles. The minimum atomic E-state index is -0.337. The highest BCUT2D eigenvalue weighted by Crippen LogP contribution is 2.29. The Morgan fingerprint density at radius 3 is 2.93 bits per heavy atom. The van der Waals surface area contributed by atoms with Gasteiger partial charge in [0.15, 0.2) is 22.2 Å². The molecule has 0 spiro atoms. The number of carbonyl (C=O) groups excluding carboxylic acids is 1. The van der Waals surface area contributed by atoms with Gasteiger partial charge in [-0.15, -0.1) is 21.5 Å². The number of para-hydroxylation sites is 1. The van der Waals surface area contributed by atoms with E-state index in [4.69, 9.17) is 16.3 Å². The van der Waals surface area contributed by atoms with Crippen molar-refractivity contribution >= 4 is 45.7 Å². The fourth-order valence-electron chi connectivity index (χ4n) is 2.36. The number of amides is 1. The standard InChI is InChI=1S/C17H18ClN5O2S2/c1-3-23-15(11(2)25-13-7-5-4-6-12(13)18)21-22-17(23)27-10-14(24)20-16-19-8-9-26-16/h4-9,11H,3,10H2,1-2H3,(H,19,20,24)/t11-/m0/s1. The molecule has 0 unspecified atom stereocenters. The van der Waals surface area contributed by atoms with E-state index in [0.29, 0.717) is 33.4 Å². The van der Waals surface area contributed by atoms with Gasteiger partial charge in [-0.05, 0) is 26.0 Å². The van der Waals surface area contributed by atoms with E-state index in [-0.39, 0.29) is 17.8 Å². The maximum atomic E-state index is 12.0. The maximum absolute atomic E-state index is 12.0. The van der Waals surface area contributed by atoms with Crippen LogP contribution in [0.4, 0.5) is 5.13 Å². The molecule has 1 amide bonds. The number of benzene rings is 1. The minimum Gasteiger partial charge on any atom is -0.481 e. The van der Waals surface area contributed by atoms with E-state index in [0.717, 1.165) is 0 Å². The van der Waals surface area contributed by atoms with Gasteiger partial charge in [0.25, 0.3) is 0 Å². The first-order valence-electron chi connectivity index (χ1n) is 8.25. The zero-order valence-corrected chi connectivity index (χ0v) is 17.1. The lowest BCUT2D eigenvalue weighted by molar-refractivity contribution is -0.113.